The van der Waals surface area contributed by atoms with Gasteiger partial charge in [-0.2, -0.15) is 0 Å². The van der Waals surface area contributed by atoms with Crippen LogP contribution in [0, 0.1) is 5.92 Å². The highest BCUT2D eigenvalue weighted by Crippen LogP contribution is 2.06. The summed E-state index contributed by atoms with van der Waals surface area (Å²) in [5.74, 6) is -5.76. The van der Waals surface area contributed by atoms with Crippen molar-refractivity contribution in [2.75, 3.05) is 0 Å². The smallest absolute Gasteiger partial charge is 0.326 e. The lowest BCUT2D eigenvalue weighted by molar-refractivity contribution is -0.143. The zero-order valence-electron chi connectivity index (χ0n) is 14.6. The summed E-state index contributed by atoms with van der Waals surface area (Å²) >= 11 is 0. The number of hydrogen-bond donors (Lipinski definition) is 6. The predicted octanol–water partition coefficient (Wildman–Crippen LogP) is -1.25. The van der Waals surface area contributed by atoms with Gasteiger partial charge < -0.3 is 31.7 Å². The zero-order valence-corrected chi connectivity index (χ0v) is 14.6. The standard InChI is InChI=1S/C15H25N3O8/c1-7(2)5-10(15(25)26)18-14(24)9(6-12(21)22)17-13(23)8(16)3-4-11(19)20/h7-10H,3-6,16H2,1-2H3,(H,17,23)(H,18,24)(H,19,20)(H,21,22)(H,25,26)/t8-,9-,10-/m1/s1. The maximum atomic E-state index is 12.2. The Morgan fingerprint density at radius 2 is 1.42 bits per heavy atom. The van der Waals surface area contributed by atoms with Crippen LogP contribution in [0.3, 0.4) is 0 Å². The van der Waals surface area contributed by atoms with Crippen LogP contribution in [0.5, 0.6) is 0 Å². The van der Waals surface area contributed by atoms with E-state index >= 15 is 0 Å². The van der Waals surface area contributed by atoms with Crippen molar-refractivity contribution in [2.45, 2.75) is 57.7 Å². The fourth-order valence-electron chi connectivity index (χ4n) is 2.04. The lowest BCUT2D eigenvalue weighted by Gasteiger charge is -2.22. The lowest BCUT2D eigenvalue weighted by atomic mass is 10.0. The van der Waals surface area contributed by atoms with E-state index in [0.29, 0.717) is 0 Å². The number of nitrogens with two attached hydrogens (primary N) is 1. The zero-order chi connectivity index (χ0) is 20.4. The fraction of sp³-hybridized carbons (Fsp3) is 0.667. The molecular formula is C15H25N3O8. The van der Waals surface area contributed by atoms with Crippen molar-refractivity contribution in [2.24, 2.45) is 11.7 Å². The largest absolute Gasteiger partial charge is 0.481 e. The van der Waals surface area contributed by atoms with E-state index in [1.165, 1.54) is 0 Å². The number of carboxylic acid groups (broad SMARTS) is 3. The second-order valence-electron chi connectivity index (χ2n) is 6.23. The van der Waals surface area contributed by atoms with E-state index in [1.807, 2.05) is 0 Å². The Morgan fingerprint density at radius 1 is 0.885 bits per heavy atom. The van der Waals surface area contributed by atoms with Crippen LogP contribution in [0.1, 0.15) is 39.5 Å². The molecule has 0 spiro atoms. The molecule has 3 atom stereocenters. The minimum absolute atomic E-state index is 0.0478. The van der Waals surface area contributed by atoms with Crippen molar-refractivity contribution in [1.29, 1.82) is 0 Å². The van der Waals surface area contributed by atoms with Crippen molar-refractivity contribution in [3.8, 4) is 0 Å². The van der Waals surface area contributed by atoms with Crippen LogP contribution in [-0.4, -0.2) is 63.2 Å². The summed E-state index contributed by atoms with van der Waals surface area (Å²) in [6.45, 7) is 3.50. The number of rotatable bonds is 12. The topological polar surface area (TPSA) is 196 Å². The van der Waals surface area contributed by atoms with Gasteiger partial charge in [0.05, 0.1) is 12.5 Å². The minimum Gasteiger partial charge on any atom is -0.481 e. The highest BCUT2D eigenvalue weighted by molar-refractivity contribution is 5.94. The van der Waals surface area contributed by atoms with Crippen LogP contribution in [0.2, 0.25) is 0 Å². The number of amides is 2. The average Bonchev–Trinajstić information content (AvgIpc) is 2.49. The Labute approximate surface area is 149 Å². The molecule has 0 saturated heterocycles. The molecule has 148 valence electrons. The first-order valence-electron chi connectivity index (χ1n) is 7.96. The molecule has 0 bridgehead atoms. The van der Waals surface area contributed by atoms with Crippen LogP contribution in [0.15, 0.2) is 0 Å². The Bertz CT molecular complexity index is 549. The molecular weight excluding hydrogens is 350 g/mol. The minimum atomic E-state index is -1.54. The van der Waals surface area contributed by atoms with E-state index in [4.69, 9.17) is 21.1 Å². The van der Waals surface area contributed by atoms with Gasteiger partial charge in [0.25, 0.3) is 0 Å². The third-order valence-electron chi connectivity index (χ3n) is 3.34. The quantitative estimate of drug-likeness (QED) is 0.241. The number of carbonyl (C=O) groups excluding carboxylic acids is 2. The number of aliphatic carboxylic acids is 3. The normalized spacial score (nSPS) is 14.2. The summed E-state index contributed by atoms with van der Waals surface area (Å²) in [5, 5.41) is 30.9. The maximum Gasteiger partial charge on any atom is 0.326 e. The van der Waals surface area contributed by atoms with Crippen LogP contribution in [0.4, 0.5) is 0 Å². The third kappa shape index (κ3) is 9.57. The lowest BCUT2D eigenvalue weighted by Crippen LogP contribution is -2.55. The molecule has 11 heteroatoms. The summed E-state index contributed by atoms with van der Waals surface area (Å²) in [6.07, 6.45) is -1.24. The van der Waals surface area contributed by atoms with Crippen molar-refractivity contribution in [1.82, 2.24) is 10.6 Å². The Hall–Kier alpha value is -2.69. The molecule has 0 aliphatic rings. The van der Waals surface area contributed by atoms with Crippen LogP contribution < -0.4 is 16.4 Å². The van der Waals surface area contributed by atoms with E-state index in [-0.39, 0.29) is 25.2 Å². The SMILES string of the molecule is CC(C)C[C@@H](NC(=O)[C@@H](CC(=O)O)NC(=O)[C@H](N)CCC(=O)O)C(=O)O. The Morgan fingerprint density at radius 3 is 1.85 bits per heavy atom. The summed E-state index contributed by atoms with van der Waals surface area (Å²) < 4.78 is 0. The van der Waals surface area contributed by atoms with Crippen molar-refractivity contribution < 1.29 is 39.3 Å². The maximum absolute atomic E-state index is 12.2. The molecule has 26 heavy (non-hydrogen) atoms. The van der Waals surface area contributed by atoms with Gasteiger partial charge in [0.1, 0.15) is 12.1 Å². The number of carboxylic acids is 3. The van der Waals surface area contributed by atoms with E-state index in [9.17, 15) is 24.0 Å². The molecule has 0 aliphatic carbocycles. The van der Waals surface area contributed by atoms with Gasteiger partial charge in [-0.3, -0.25) is 19.2 Å². The molecule has 0 unspecified atom stereocenters. The fourth-order valence-corrected chi connectivity index (χ4v) is 2.04. The molecule has 0 aromatic heterocycles. The van der Waals surface area contributed by atoms with Gasteiger partial charge in [0.2, 0.25) is 11.8 Å². The molecule has 2 amide bonds. The monoisotopic (exact) mass is 375 g/mol. The molecule has 11 nitrogen and oxygen atoms in total. The molecule has 0 rings (SSSR count). The van der Waals surface area contributed by atoms with Crippen LogP contribution in [-0.2, 0) is 24.0 Å². The summed E-state index contributed by atoms with van der Waals surface area (Å²) in [5.41, 5.74) is 5.51. The van der Waals surface area contributed by atoms with Crippen LogP contribution in [0.25, 0.3) is 0 Å². The first-order valence-corrected chi connectivity index (χ1v) is 7.96. The molecule has 0 aliphatic heterocycles. The number of hydrogen-bond acceptors (Lipinski definition) is 6. The van der Waals surface area contributed by atoms with Crippen molar-refractivity contribution in [3.05, 3.63) is 0 Å². The van der Waals surface area contributed by atoms with Gasteiger partial charge in [0, 0.05) is 6.42 Å². The third-order valence-corrected chi connectivity index (χ3v) is 3.34. The van der Waals surface area contributed by atoms with E-state index in [2.05, 4.69) is 10.6 Å². The first kappa shape index (κ1) is 23.3. The van der Waals surface area contributed by atoms with E-state index in [0.717, 1.165) is 0 Å². The van der Waals surface area contributed by atoms with Crippen molar-refractivity contribution >= 4 is 29.7 Å². The summed E-state index contributed by atoms with van der Waals surface area (Å²) in [6, 6.07) is -4.03. The highest BCUT2D eigenvalue weighted by atomic mass is 16.4. The van der Waals surface area contributed by atoms with Gasteiger partial charge >= 0.3 is 17.9 Å². The second kappa shape index (κ2) is 11.0. The molecule has 0 radical (unpaired) electrons. The number of nitrogens with one attached hydrogen (secondary N) is 2. The van der Waals surface area contributed by atoms with Gasteiger partial charge in [-0.05, 0) is 18.8 Å². The van der Waals surface area contributed by atoms with Crippen molar-refractivity contribution in [3.63, 3.8) is 0 Å². The summed E-state index contributed by atoms with van der Waals surface area (Å²) in [4.78, 5) is 56.8. The van der Waals surface area contributed by atoms with Crippen LogP contribution >= 0.6 is 0 Å². The number of carbonyl (C=O) groups is 5. The first-order chi connectivity index (χ1) is 11.9. The molecule has 0 heterocycles. The second-order valence-corrected chi connectivity index (χ2v) is 6.23. The average molecular weight is 375 g/mol. The van der Waals surface area contributed by atoms with Gasteiger partial charge in [0.15, 0.2) is 0 Å². The predicted molar refractivity (Wildman–Crippen MR) is 88.1 cm³/mol. The van der Waals surface area contributed by atoms with Gasteiger partial charge in [-0.15, -0.1) is 0 Å². The molecule has 0 aromatic carbocycles. The highest BCUT2D eigenvalue weighted by Gasteiger charge is 2.30. The van der Waals surface area contributed by atoms with E-state index < -0.39 is 54.3 Å². The summed E-state index contributed by atoms with van der Waals surface area (Å²) in [7, 11) is 0. The molecule has 0 aromatic rings. The molecule has 0 saturated carbocycles. The molecule has 0 fully saturated rings. The Kier molecular flexibility index (Phi) is 9.89. The van der Waals surface area contributed by atoms with Gasteiger partial charge in [-0.25, -0.2) is 4.79 Å². The molecule has 7 N–H and O–H groups in total. The van der Waals surface area contributed by atoms with Gasteiger partial charge in [-0.1, -0.05) is 13.8 Å². The van der Waals surface area contributed by atoms with E-state index in [1.54, 1.807) is 13.8 Å². The Balaban J connectivity index is 5.02.